The third-order valence-electron chi connectivity index (χ3n) is 3.09. The lowest BCUT2D eigenvalue weighted by atomic mass is 10.2. The Morgan fingerprint density at radius 2 is 2.06 bits per heavy atom. The minimum absolute atomic E-state index is 0.225. The van der Waals surface area contributed by atoms with Crippen LogP contribution >= 0.6 is 0 Å². The predicted molar refractivity (Wildman–Crippen MR) is 62.3 cm³/mol. The molecular weight excluding hydrogens is 262 g/mol. The van der Waals surface area contributed by atoms with Crippen LogP contribution in [0.4, 0.5) is 8.78 Å². The summed E-state index contributed by atoms with van der Waals surface area (Å²) in [6.45, 7) is 0.589. The highest BCUT2D eigenvalue weighted by molar-refractivity contribution is 7.89. The number of sulfonamides is 1. The lowest BCUT2D eigenvalue weighted by Crippen LogP contribution is -2.39. The molecule has 1 unspecified atom stereocenters. The number of hydrogen-bond donors (Lipinski definition) is 1. The van der Waals surface area contributed by atoms with Crippen molar-refractivity contribution in [1.29, 1.82) is 0 Å². The maximum atomic E-state index is 13.1. The first kappa shape index (κ1) is 13.4. The summed E-state index contributed by atoms with van der Waals surface area (Å²) >= 11 is 0. The van der Waals surface area contributed by atoms with Gasteiger partial charge < -0.3 is 5.73 Å². The second-order valence-corrected chi connectivity index (χ2v) is 6.11. The summed E-state index contributed by atoms with van der Waals surface area (Å²) in [5.74, 6) is -2.23. The van der Waals surface area contributed by atoms with Crippen LogP contribution in [-0.2, 0) is 10.0 Å². The largest absolute Gasteiger partial charge is 0.329 e. The van der Waals surface area contributed by atoms with Crippen molar-refractivity contribution in [2.75, 3.05) is 13.1 Å². The van der Waals surface area contributed by atoms with E-state index in [0.29, 0.717) is 19.0 Å². The number of benzene rings is 1. The smallest absolute Gasteiger partial charge is 0.243 e. The van der Waals surface area contributed by atoms with Crippen LogP contribution in [0.15, 0.2) is 23.1 Å². The standard InChI is InChI=1S/C11H14F2N2O2S/c12-10-4-3-9(6-11(10)13)18(16,17)15-5-1-2-8(15)7-14/h3-4,6,8H,1-2,5,7,14H2. The molecule has 1 fully saturated rings. The molecule has 0 bridgehead atoms. The fourth-order valence-corrected chi connectivity index (χ4v) is 3.85. The molecule has 100 valence electrons. The highest BCUT2D eigenvalue weighted by atomic mass is 32.2. The molecule has 0 amide bonds. The van der Waals surface area contributed by atoms with Gasteiger partial charge in [-0.15, -0.1) is 0 Å². The lowest BCUT2D eigenvalue weighted by molar-refractivity contribution is 0.392. The van der Waals surface area contributed by atoms with Crippen molar-refractivity contribution in [3.8, 4) is 0 Å². The molecule has 7 heteroatoms. The Morgan fingerprint density at radius 3 is 2.67 bits per heavy atom. The first-order chi connectivity index (χ1) is 8.46. The summed E-state index contributed by atoms with van der Waals surface area (Å²) in [7, 11) is -3.79. The van der Waals surface area contributed by atoms with E-state index in [4.69, 9.17) is 5.73 Å². The average Bonchev–Trinajstić information content (AvgIpc) is 2.81. The molecule has 0 radical (unpaired) electrons. The SMILES string of the molecule is NCC1CCCN1S(=O)(=O)c1ccc(F)c(F)c1. The van der Waals surface area contributed by atoms with Crippen LogP contribution < -0.4 is 5.73 Å². The van der Waals surface area contributed by atoms with Gasteiger partial charge in [0.25, 0.3) is 0 Å². The number of halogens is 2. The fourth-order valence-electron chi connectivity index (χ4n) is 2.13. The first-order valence-electron chi connectivity index (χ1n) is 5.64. The monoisotopic (exact) mass is 276 g/mol. The van der Waals surface area contributed by atoms with Crippen molar-refractivity contribution in [1.82, 2.24) is 4.31 Å². The molecule has 0 aromatic heterocycles. The van der Waals surface area contributed by atoms with E-state index >= 15 is 0 Å². The molecular formula is C11H14F2N2O2S. The molecule has 18 heavy (non-hydrogen) atoms. The molecule has 0 saturated carbocycles. The molecule has 1 aromatic rings. The number of nitrogens with zero attached hydrogens (tertiary/aromatic N) is 1. The number of hydrogen-bond acceptors (Lipinski definition) is 3. The van der Waals surface area contributed by atoms with Crippen LogP contribution in [-0.4, -0.2) is 31.9 Å². The van der Waals surface area contributed by atoms with Gasteiger partial charge in [0, 0.05) is 19.1 Å². The van der Waals surface area contributed by atoms with Crippen molar-refractivity contribution in [3.63, 3.8) is 0 Å². The Hall–Kier alpha value is -1.05. The summed E-state index contributed by atoms with van der Waals surface area (Å²) in [6, 6.07) is 2.33. The molecule has 1 aliphatic rings. The third kappa shape index (κ3) is 2.25. The van der Waals surface area contributed by atoms with Crippen molar-refractivity contribution in [2.45, 2.75) is 23.8 Å². The van der Waals surface area contributed by atoms with E-state index in [9.17, 15) is 17.2 Å². The Morgan fingerprint density at radius 1 is 1.33 bits per heavy atom. The quantitative estimate of drug-likeness (QED) is 0.898. The Balaban J connectivity index is 2.38. The van der Waals surface area contributed by atoms with Gasteiger partial charge in [0.1, 0.15) is 0 Å². The molecule has 2 rings (SSSR count). The van der Waals surface area contributed by atoms with Gasteiger partial charge in [-0.05, 0) is 31.0 Å². The molecule has 1 atom stereocenters. The Kier molecular flexibility index (Phi) is 3.65. The first-order valence-corrected chi connectivity index (χ1v) is 7.08. The van der Waals surface area contributed by atoms with E-state index in [0.717, 1.165) is 18.6 Å². The van der Waals surface area contributed by atoms with Gasteiger partial charge in [0.05, 0.1) is 4.90 Å². The fraction of sp³-hybridized carbons (Fsp3) is 0.455. The molecule has 1 heterocycles. The lowest BCUT2D eigenvalue weighted by Gasteiger charge is -2.22. The topological polar surface area (TPSA) is 63.4 Å². The van der Waals surface area contributed by atoms with Gasteiger partial charge in [-0.3, -0.25) is 0 Å². The van der Waals surface area contributed by atoms with Crippen LogP contribution in [0.1, 0.15) is 12.8 Å². The van der Waals surface area contributed by atoms with Crippen molar-refractivity contribution in [2.24, 2.45) is 5.73 Å². The summed E-state index contributed by atoms with van der Waals surface area (Å²) in [4.78, 5) is -0.234. The van der Waals surface area contributed by atoms with E-state index in [1.54, 1.807) is 0 Å². The molecule has 1 aromatic carbocycles. The normalized spacial score (nSPS) is 21.4. The highest BCUT2D eigenvalue weighted by Gasteiger charge is 2.34. The molecule has 0 aliphatic carbocycles. The van der Waals surface area contributed by atoms with Gasteiger partial charge in [0.2, 0.25) is 10.0 Å². The molecule has 0 spiro atoms. The van der Waals surface area contributed by atoms with Crippen LogP contribution in [0, 0.1) is 11.6 Å². The summed E-state index contributed by atoms with van der Waals surface area (Å²) < 4.78 is 51.7. The molecule has 1 saturated heterocycles. The van der Waals surface area contributed by atoms with Crippen LogP contribution in [0.25, 0.3) is 0 Å². The molecule has 4 nitrogen and oxygen atoms in total. The predicted octanol–water partition coefficient (Wildman–Crippen LogP) is 1.08. The molecule has 1 aliphatic heterocycles. The zero-order valence-electron chi connectivity index (χ0n) is 9.64. The van der Waals surface area contributed by atoms with Crippen molar-refractivity contribution >= 4 is 10.0 Å². The van der Waals surface area contributed by atoms with E-state index in [1.165, 1.54) is 4.31 Å². The average molecular weight is 276 g/mol. The van der Waals surface area contributed by atoms with Gasteiger partial charge in [0.15, 0.2) is 11.6 Å². The Labute approximate surface area is 104 Å². The highest BCUT2D eigenvalue weighted by Crippen LogP contribution is 2.26. The van der Waals surface area contributed by atoms with Crippen LogP contribution in [0.2, 0.25) is 0 Å². The van der Waals surface area contributed by atoms with Gasteiger partial charge in [-0.25, -0.2) is 17.2 Å². The van der Waals surface area contributed by atoms with Crippen LogP contribution in [0.5, 0.6) is 0 Å². The second-order valence-electron chi connectivity index (χ2n) is 4.22. The second kappa shape index (κ2) is 4.91. The van der Waals surface area contributed by atoms with E-state index in [2.05, 4.69) is 0 Å². The van der Waals surface area contributed by atoms with E-state index < -0.39 is 21.7 Å². The van der Waals surface area contributed by atoms with Gasteiger partial charge in [-0.2, -0.15) is 4.31 Å². The Bertz CT molecular complexity index is 548. The minimum atomic E-state index is -3.79. The summed E-state index contributed by atoms with van der Waals surface area (Å²) in [5.41, 5.74) is 5.51. The number of rotatable bonds is 3. The third-order valence-corrected chi connectivity index (χ3v) is 5.04. The van der Waals surface area contributed by atoms with Crippen molar-refractivity contribution in [3.05, 3.63) is 29.8 Å². The zero-order valence-corrected chi connectivity index (χ0v) is 10.5. The van der Waals surface area contributed by atoms with E-state index in [1.807, 2.05) is 0 Å². The van der Waals surface area contributed by atoms with Crippen LogP contribution in [0.3, 0.4) is 0 Å². The van der Waals surface area contributed by atoms with E-state index in [-0.39, 0.29) is 17.5 Å². The minimum Gasteiger partial charge on any atom is -0.329 e. The van der Waals surface area contributed by atoms with Crippen molar-refractivity contribution < 1.29 is 17.2 Å². The maximum absolute atomic E-state index is 13.1. The van der Waals surface area contributed by atoms with Gasteiger partial charge >= 0.3 is 0 Å². The molecule has 2 N–H and O–H groups in total. The maximum Gasteiger partial charge on any atom is 0.243 e. The summed E-state index contributed by atoms with van der Waals surface area (Å²) in [5, 5.41) is 0. The zero-order chi connectivity index (χ0) is 13.3. The number of nitrogens with two attached hydrogens (primary N) is 1. The summed E-state index contributed by atoms with van der Waals surface area (Å²) in [6.07, 6.45) is 1.42. The van der Waals surface area contributed by atoms with Gasteiger partial charge in [-0.1, -0.05) is 0 Å².